The molecule has 2 nitrogen and oxygen atoms in total. The van der Waals surface area contributed by atoms with Crippen LogP contribution < -0.4 is 0 Å². The Morgan fingerprint density at radius 1 is 1.78 bits per heavy atom. The van der Waals surface area contributed by atoms with Gasteiger partial charge >= 0.3 is 0 Å². The maximum absolute atomic E-state index is 11.4. The van der Waals surface area contributed by atoms with E-state index in [2.05, 4.69) is 5.11 Å². The van der Waals surface area contributed by atoms with Crippen LogP contribution in [-0.4, -0.2) is 13.0 Å². The lowest BCUT2D eigenvalue weighted by Gasteiger charge is -1.91. The van der Waals surface area contributed by atoms with Crippen LogP contribution in [0.1, 0.15) is 6.92 Å². The number of hydrogen-bond donors (Lipinski definition) is 1. The maximum atomic E-state index is 11.4. The third kappa shape index (κ3) is 5.06. The highest BCUT2D eigenvalue weighted by atomic mass is 19.3. The van der Waals surface area contributed by atoms with Crippen molar-refractivity contribution in [3.63, 3.8) is 0 Å². The van der Waals surface area contributed by atoms with E-state index in [0.29, 0.717) is 5.57 Å². The van der Waals surface area contributed by atoms with E-state index in [1.54, 1.807) is 0 Å². The molecule has 9 heavy (non-hydrogen) atoms. The zero-order chi connectivity index (χ0) is 7.28. The van der Waals surface area contributed by atoms with Gasteiger partial charge in [0.2, 0.25) is 0 Å². The van der Waals surface area contributed by atoms with E-state index < -0.39 is 6.43 Å². The normalized spacial score (nSPS) is 12.2. The summed E-state index contributed by atoms with van der Waals surface area (Å²) in [7, 11) is 0. The van der Waals surface area contributed by atoms with E-state index in [-0.39, 0.29) is 6.54 Å². The van der Waals surface area contributed by atoms with Gasteiger partial charge in [0.25, 0.3) is 6.43 Å². The molecular weight excluding hydrogens is 126 g/mol. The Labute approximate surface area is 52.1 Å². The smallest absolute Gasteiger partial charge is 0.210 e. The van der Waals surface area contributed by atoms with Crippen molar-refractivity contribution in [3.8, 4) is 0 Å². The molecule has 0 aliphatic heterocycles. The van der Waals surface area contributed by atoms with E-state index in [0.717, 1.165) is 6.08 Å². The molecule has 0 fully saturated rings. The Balaban J connectivity index is 3.68. The summed E-state index contributed by atoms with van der Waals surface area (Å²) in [6.45, 7) is 1.59. The largest absolute Gasteiger partial charge is 0.257 e. The summed E-state index contributed by atoms with van der Waals surface area (Å²) < 4.78 is 22.9. The molecule has 0 aliphatic rings. The fraction of sp³-hybridized carbons (Fsp3) is 0.600. The number of nitrogens with zero attached hydrogens (tertiary/aromatic N) is 1. The molecule has 1 N–H and O–H groups in total. The minimum absolute atomic E-state index is 0.0737. The standard InChI is InChI=1S/C5H8F2N2/c1-4(3-9-8)2-5(6)7/h2,5,8H,3H2,1H3/b4-2+,9-8?. The highest BCUT2D eigenvalue weighted by Gasteiger charge is 1.95. The van der Waals surface area contributed by atoms with Crippen LogP contribution in [-0.2, 0) is 0 Å². The second-order valence-electron chi connectivity index (χ2n) is 1.66. The molecule has 0 aliphatic carbocycles. The first-order valence-corrected chi connectivity index (χ1v) is 2.45. The first-order chi connectivity index (χ1) is 4.16. The molecule has 0 heterocycles. The predicted octanol–water partition coefficient (Wildman–Crippen LogP) is 2.23. The summed E-state index contributed by atoms with van der Waals surface area (Å²) >= 11 is 0. The summed E-state index contributed by atoms with van der Waals surface area (Å²) in [6, 6.07) is 0. The predicted molar refractivity (Wildman–Crippen MR) is 29.8 cm³/mol. The minimum atomic E-state index is -2.42. The monoisotopic (exact) mass is 134 g/mol. The van der Waals surface area contributed by atoms with Gasteiger partial charge in [-0.15, -0.1) is 0 Å². The van der Waals surface area contributed by atoms with Crippen molar-refractivity contribution >= 4 is 0 Å². The van der Waals surface area contributed by atoms with E-state index in [4.69, 9.17) is 5.53 Å². The van der Waals surface area contributed by atoms with Gasteiger partial charge in [-0.1, -0.05) is 0 Å². The topological polar surface area (TPSA) is 36.2 Å². The van der Waals surface area contributed by atoms with Crippen molar-refractivity contribution in [1.82, 2.24) is 0 Å². The van der Waals surface area contributed by atoms with Gasteiger partial charge in [-0.05, 0) is 18.6 Å². The minimum Gasteiger partial charge on any atom is -0.210 e. The van der Waals surface area contributed by atoms with Gasteiger partial charge in [0, 0.05) is 0 Å². The van der Waals surface area contributed by atoms with E-state index >= 15 is 0 Å². The third-order valence-electron chi connectivity index (χ3n) is 0.739. The van der Waals surface area contributed by atoms with Crippen LogP contribution in [0.5, 0.6) is 0 Å². The van der Waals surface area contributed by atoms with Crippen LogP contribution in [0.25, 0.3) is 0 Å². The molecule has 0 rings (SSSR count). The third-order valence-corrected chi connectivity index (χ3v) is 0.739. The van der Waals surface area contributed by atoms with Crippen molar-refractivity contribution in [2.24, 2.45) is 5.11 Å². The Hall–Kier alpha value is -0.800. The summed E-state index contributed by atoms with van der Waals surface area (Å²) in [5, 5.41) is 2.94. The quantitative estimate of drug-likeness (QED) is 0.454. The molecule has 0 radical (unpaired) electrons. The van der Waals surface area contributed by atoms with Gasteiger partial charge in [0.1, 0.15) is 0 Å². The van der Waals surface area contributed by atoms with E-state index in [1.807, 2.05) is 0 Å². The van der Waals surface area contributed by atoms with Crippen molar-refractivity contribution < 1.29 is 8.78 Å². The Morgan fingerprint density at radius 2 is 2.33 bits per heavy atom. The molecule has 0 unspecified atom stereocenters. The Bertz CT molecular complexity index is 120. The van der Waals surface area contributed by atoms with Crippen LogP contribution >= 0.6 is 0 Å². The second-order valence-corrected chi connectivity index (χ2v) is 1.66. The lowest BCUT2D eigenvalue weighted by molar-refractivity contribution is 0.203. The molecule has 52 valence electrons. The molecule has 0 aromatic rings. The summed E-state index contributed by atoms with van der Waals surface area (Å²) in [5.41, 5.74) is 6.75. The molecule has 0 bridgehead atoms. The number of hydrogen-bond acceptors (Lipinski definition) is 2. The molecule has 0 amide bonds. The van der Waals surface area contributed by atoms with Crippen molar-refractivity contribution in [2.45, 2.75) is 13.3 Å². The highest BCUT2D eigenvalue weighted by Crippen LogP contribution is 2.00. The zero-order valence-electron chi connectivity index (χ0n) is 5.06. The number of nitrogens with one attached hydrogen (secondary N) is 1. The average molecular weight is 134 g/mol. The summed E-state index contributed by atoms with van der Waals surface area (Å²) in [4.78, 5) is 0. The average Bonchev–Trinajstić information content (AvgIpc) is 1.63. The Kier molecular flexibility index (Phi) is 3.75. The van der Waals surface area contributed by atoms with Gasteiger partial charge in [-0.3, -0.25) is 0 Å². The van der Waals surface area contributed by atoms with Crippen LogP contribution in [0.3, 0.4) is 0 Å². The molecule has 0 aromatic heterocycles. The zero-order valence-corrected chi connectivity index (χ0v) is 5.06. The van der Waals surface area contributed by atoms with Gasteiger partial charge in [0.15, 0.2) is 0 Å². The first-order valence-electron chi connectivity index (χ1n) is 2.45. The fourth-order valence-corrected chi connectivity index (χ4v) is 0.392. The van der Waals surface area contributed by atoms with Gasteiger partial charge in [-0.2, -0.15) is 5.11 Å². The highest BCUT2D eigenvalue weighted by molar-refractivity contribution is 5.00. The van der Waals surface area contributed by atoms with Crippen molar-refractivity contribution in [3.05, 3.63) is 11.6 Å². The van der Waals surface area contributed by atoms with Crippen LogP contribution in [0.4, 0.5) is 8.78 Å². The Morgan fingerprint density at radius 3 is 2.67 bits per heavy atom. The number of rotatable bonds is 3. The van der Waals surface area contributed by atoms with Crippen LogP contribution in [0.2, 0.25) is 0 Å². The van der Waals surface area contributed by atoms with Crippen LogP contribution in [0, 0.1) is 5.53 Å². The molecule has 0 saturated heterocycles. The first kappa shape index (κ1) is 8.20. The number of alkyl halides is 2. The summed E-state index contributed by atoms with van der Waals surface area (Å²) in [6.07, 6.45) is -1.63. The SMILES string of the molecule is C/C(=C\C(F)F)CN=N. The lowest BCUT2D eigenvalue weighted by atomic mass is 10.3. The molecule has 4 heteroatoms. The molecule has 0 saturated carbocycles. The van der Waals surface area contributed by atoms with Crippen molar-refractivity contribution in [2.75, 3.05) is 6.54 Å². The molecular formula is C5H8F2N2. The van der Waals surface area contributed by atoms with Gasteiger partial charge < -0.3 is 0 Å². The van der Waals surface area contributed by atoms with Crippen LogP contribution in [0.15, 0.2) is 16.8 Å². The molecule has 0 spiro atoms. The van der Waals surface area contributed by atoms with Crippen molar-refractivity contribution in [1.29, 1.82) is 5.53 Å². The lowest BCUT2D eigenvalue weighted by Crippen LogP contribution is -1.87. The van der Waals surface area contributed by atoms with E-state index in [9.17, 15) is 8.78 Å². The molecule has 0 atom stereocenters. The molecule has 0 aromatic carbocycles. The van der Waals surface area contributed by atoms with E-state index in [1.165, 1.54) is 6.92 Å². The van der Waals surface area contributed by atoms with Gasteiger partial charge in [0.05, 0.1) is 6.54 Å². The van der Waals surface area contributed by atoms with Gasteiger partial charge in [-0.25, -0.2) is 14.3 Å². The number of halogens is 2. The summed E-state index contributed by atoms with van der Waals surface area (Å²) in [5.74, 6) is 0. The second kappa shape index (κ2) is 4.12. The number of allylic oxidation sites excluding steroid dienone is 1. The maximum Gasteiger partial charge on any atom is 0.257 e. The fourth-order valence-electron chi connectivity index (χ4n) is 0.392.